The van der Waals surface area contributed by atoms with Gasteiger partial charge in [-0.1, -0.05) is 53.2 Å². The van der Waals surface area contributed by atoms with Crippen molar-refractivity contribution in [3.8, 4) is 0 Å². The molecule has 0 amide bonds. The monoisotopic (exact) mass is 666 g/mol. The average molecular weight is 667 g/mol. The third kappa shape index (κ3) is 4.81. The summed E-state index contributed by atoms with van der Waals surface area (Å²) in [5.74, 6) is -1.09. The maximum absolute atomic E-state index is 14.4. The lowest BCUT2D eigenvalue weighted by atomic mass is 9.33. The van der Waals surface area contributed by atoms with Gasteiger partial charge in [-0.15, -0.1) is 0 Å². The van der Waals surface area contributed by atoms with Crippen molar-refractivity contribution < 1.29 is 55.1 Å². The summed E-state index contributed by atoms with van der Waals surface area (Å²) in [6, 6.07) is 0. The minimum atomic E-state index is -1.68. The van der Waals surface area contributed by atoms with Crippen LogP contribution in [0, 0.1) is 50.2 Å². The van der Waals surface area contributed by atoms with Crippen LogP contribution in [0.5, 0.6) is 0 Å². The van der Waals surface area contributed by atoms with Gasteiger partial charge in [-0.05, 0) is 84.9 Å². The van der Waals surface area contributed by atoms with Gasteiger partial charge in [0.25, 0.3) is 0 Å². The highest BCUT2D eigenvalue weighted by molar-refractivity contribution is 5.79. The van der Waals surface area contributed by atoms with Crippen LogP contribution in [-0.4, -0.2) is 109 Å². The molecular weight excluding hydrogens is 608 g/mol. The van der Waals surface area contributed by atoms with Gasteiger partial charge in [-0.25, -0.2) is 0 Å². The number of aliphatic hydroxyl groups is 8. The second-order valence-electron chi connectivity index (χ2n) is 18.0. The molecular formula is C36H58O11. The largest absolute Gasteiger partial charge is 0.432 e. The molecule has 1 saturated heterocycles. The second kappa shape index (κ2) is 11.4. The van der Waals surface area contributed by atoms with Gasteiger partial charge in [0.2, 0.25) is 6.29 Å². The van der Waals surface area contributed by atoms with E-state index in [1.165, 1.54) is 5.57 Å². The Labute approximate surface area is 278 Å². The maximum atomic E-state index is 14.4. The quantitative estimate of drug-likeness (QED) is 0.160. The Morgan fingerprint density at radius 2 is 1.51 bits per heavy atom. The first-order chi connectivity index (χ1) is 21.8. The zero-order valence-electron chi connectivity index (χ0n) is 28.8. The van der Waals surface area contributed by atoms with Crippen LogP contribution in [0.15, 0.2) is 11.6 Å². The summed E-state index contributed by atoms with van der Waals surface area (Å²) in [7, 11) is 0. The van der Waals surface area contributed by atoms with Crippen LogP contribution in [0.3, 0.4) is 0 Å². The van der Waals surface area contributed by atoms with Gasteiger partial charge in [-0.3, -0.25) is 4.79 Å². The number of fused-ring (bicyclic) bond motifs is 7. The molecule has 47 heavy (non-hydrogen) atoms. The highest BCUT2D eigenvalue weighted by Crippen LogP contribution is 2.75. The molecule has 0 bridgehead atoms. The maximum Gasteiger partial charge on any atom is 0.315 e. The Hall–Kier alpha value is -1.15. The van der Waals surface area contributed by atoms with Crippen molar-refractivity contribution in [1.82, 2.24) is 0 Å². The SMILES string of the molecule is CC1(C)CC[C@@]2(C(=O)O[C@@H]3O[C@H](CO)[C@@H](O)[C@H](O)[C@H]3O)CC[C@@]3(C)C(=CC[C@@H]4[C@@]5(C)C[C@@H](O)[C@H](O)[C@@](C)(CO)[C@@H]5[C@H](O)C[C@@]43C)[C@@H]2C1. The smallest absolute Gasteiger partial charge is 0.315 e. The summed E-state index contributed by atoms with van der Waals surface area (Å²) in [6.07, 6.45) is -3.65. The standard InChI is InChI=1S/C36H58O11/c1-31(2)9-11-36(30(45)47-29-26(43)25(42)24(41)22(16-37)46-29)12-10-34(5)18(19(36)13-31)7-8-23-32(3)14-21(40)28(44)33(4,17-38)27(32)20(39)15-35(23,34)6/h7,19-29,37-44H,8-17H2,1-6H3/t19-,20+,21+,22+,23+,24+,25-,26+,27+,28-,29-,32+,33-,34-,35-,36+/m0/s1. The van der Waals surface area contributed by atoms with E-state index in [1.807, 2.05) is 0 Å². The zero-order chi connectivity index (χ0) is 34.7. The fourth-order valence-corrected chi connectivity index (χ4v) is 12.3. The first kappa shape index (κ1) is 35.7. The number of carbonyl (C=O) groups is 1. The number of allylic oxidation sites excluding steroid dienone is 2. The third-order valence-corrected chi connectivity index (χ3v) is 15.1. The van der Waals surface area contributed by atoms with Crippen molar-refractivity contribution in [1.29, 1.82) is 0 Å². The molecule has 8 N–H and O–H groups in total. The van der Waals surface area contributed by atoms with E-state index in [0.29, 0.717) is 38.5 Å². The van der Waals surface area contributed by atoms with E-state index in [2.05, 4.69) is 40.7 Å². The molecule has 5 aliphatic carbocycles. The van der Waals surface area contributed by atoms with E-state index in [-0.39, 0.29) is 23.9 Å². The van der Waals surface area contributed by atoms with Gasteiger partial charge in [0.15, 0.2) is 0 Å². The molecule has 1 aliphatic heterocycles. The van der Waals surface area contributed by atoms with E-state index < -0.39 is 94.6 Å². The van der Waals surface area contributed by atoms with Crippen molar-refractivity contribution >= 4 is 5.97 Å². The van der Waals surface area contributed by atoms with Crippen molar-refractivity contribution in [2.75, 3.05) is 13.2 Å². The number of ether oxygens (including phenoxy) is 2. The van der Waals surface area contributed by atoms with Gasteiger partial charge in [-0.2, -0.15) is 0 Å². The molecule has 0 spiro atoms. The summed E-state index contributed by atoms with van der Waals surface area (Å²) in [5, 5.41) is 85.8. The highest BCUT2D eigenvalue weighted by atomic mass is 16.7. The van der Waals surface area contributed by atoms with Crippen LogP contribution in [0.1, 0.15) is 92.9 Å². The first-order valence-electron chi connectivity index (χ1n) is 17.6. The van der Waals surface area contributed by atoms with E-state index >= 15 is 0 Å². The molecule has 268 valence electrons. The van der Waals surface area contributed by atoms with Gasteiger partial charge in [0.05, 0.1) is 36.9 Å². The lowest BCUT2D eigenvalue weighted by Gasteiger charge is -2.72. The summed E-state index contributed by atoms with van der Waals surface area (Å²) in [5.41, 5.74) is -2.27. The molecule has 4 saturated carbocycles. The number of esters is 1. The number of aliphatic hydroxyl groups excluding tert-OH is 8. The zero-order valence-corrected chi connectivity index (χ0v) is 28.8. The fraction of sp³-hybridized carbons (Fsp3) is 0.917. The Bertz CT molecular complexity index is 1270. The highest BCUT2D eigenvalue weighted by Gasteiger charge is 2.72. The Balaban J connectivity index is 1.38. The van der Waals surface area contributed by atoms with E-state index in [1.54, 1.807) is 6.92 Å². The topological polar surface area (TPSA) is 197 Å². The van der Waals surface area contributed by atoms with Crippen LogP contribution in [0.25, 0.3) is 0 Å². The number of rotatable bonds is 4. The third-order valence-electron chi connectivity index (χ3n) is 15.1. The summed E-state index contributed by atoms with van der Waals surface area (Å²) >= 11 is 0. The second-order valence-corrected chi connectivity index (χ2v) is 18.0. The summed E-state index contributed by atoms with van der Waals surface area (Å²) in [6.45, 7) is 11.8. The van der Waals surface area contributed by atoms with Crippen molar-refractivity contribution in [3.05, 3.63) is 11.6 Å². The average Bonchev–Trinajstić information content (AvgIpc) is 3.00. The minimum absolute atomic E-state index is 0.0374. The number of carbonyl (C=O) groups excluding carboxylic acids is 1. The van der Waals surface area contributed by atoms with Gasteiger partial charge >= 0.3 is 5.97 Å². The van der Waals surface area contributed by atoms with E-state index in [4.69, 9.17) is 9.47 Å². The van der Waals surface area contributed by atoms with Gasteiger partial charge in [0, 0.05) is 11.3 Å². The fourth-order valence-electron chi connectivity index (χ4n) is 12.3. The van der Waals surface area contributed by atoms with Gasteiger partial charge in [0.1, 0.15) is 24.4 Å². The van der Waals surface area contributed by atoms with Crippen LogP contribution < -0.4 is 0 Å². The molecule has 0 radical (unpaired) electrons. The number of hydrogen-bond donors (Lipinski definition) is 8. The van der Waals surface area contributed by atoms with Gasteiger partial charge < -0.3 is 50.3 Å². The lowest BCUT2D eigenvalue weighted by Crippen LogP contribution is -2.71. The minimum Gasteiger partial charge on any atom is -0.432 e. The first-order valence-corrected chi connectivity index (χ1v) is 17.6. The van der Waals surface area contributed by atoms with Crippen LogP contribution in [0.2, 0.25) is 0 Å². The molecule has 0 aromatic rings. The Morgan fingerprint density at radius 1 is 0.851 bits per heavy atom. The molecule has 6 rings (SSSR count). The molecule has 11 nitrogen and oxygen atoms in total. The molecule has 0 aromatic heterocycles. The van der Waals surface area contributed by atoms with Crippen molar-refractivity contribution in [2.24, 2.45) is 50.2 Å². The normalized spacial score (nSPS) is 55.4. The summed E-state index contributed by atoms with van der Waals surface area (Å²) in [4.78, 5) is 14.4. The molecule has 6 aliphatic rings. The predicted octanol–water partition coefficient (Wildman–Crippen LogP) is 1.41. The Kier molecular flexibility index (Phi) is 8.68. The van der Waals surface area contributed by atoms with Crippen molar-refractivity contribution in [2.45, 2.75) is 142 Å². The predicted molar refractivity (Wildman–Crippen MR) is 169 cm³/mol. The van der Waals surface area contributed by atoms with Crippen LogP contribution >= 0.6 is 0 Å². The summed E-state index contributed by atoms with van der Waals surface area (Å²) < 4.78 is 11.5. The number of hydrogen-bond acceptors (Lipinski definition) is 11. The molecule has 0 unspecified atom stereocenters. The van der Waals surface area contributed by atoms with Crippen LogP contribution in [0.4, 0.5) is 0 Å². The molecule has 0 aromatic carbocycles. The molecule has 16 atom stereocenters. The lowest BCUT2D eigenvalue weighted by molar-refractivity contribution is -0.298. The van der Waals surface area contributed by atoms with E-state index in [0.717, 1.165) is 12.8 Å². The Morgan fingerprint density at radius 3 is 2.15 bits per heavy atom. The van der Waals surface area contributed by atoms with E-state index in [9.17, 15) is 45.6 Å². The molecule has 1 heterocycles. The van der Waals surface area contributed by atoms with Crippen LogP contribution in [-0.2, 0) is 14.3 Å². The molecule has 5 fully saturated rings. The molecule has 11 heteroatoms. The van der Waals surface area contributed by atoms with Crippen molar-refractivity contribution in [3.63, 3.8) is 0 Å².